The minimum absolute atomic E-state index is 0.0594. The molecule has 1 saturated heterocycles. The van der Waals surface area contributed by atoms with E-state index in [2.05, 4.69) is 5.32 Å². The molecule has 0 bridgehead atoms. The summed E-state index contributed by atoms with van der Waals surface area (Å²) in [4.78, 5) is 28.1. The molecule has 0 aromatic heterocycles. The van der Waals surface area contributed by atoms with Crippen LogP contribution < -0.4 is 10.2 Å². The second kappa shape index (κ2) is 5.94. The van der Waals surface area contributed by atoms with Gasteiger partial charge in [-0.3, -0.25) is 9.59 Å². The van der Waals surface area contributed by atoms with Crippen LogP contribution in [0.2, 0.25) is 0 Å². The van der Waals surface area contributed by atoms with Crippen molar-refractivity contribution in [3.05, 3.63) is 29.8 Å². The number of carbonyl (C=O) groups excluding carboxylic acids is 2. The number of hydrogen-bond donors (Lipinski definition) is 1. The van der Waals surface area contributed by atoms with Crippen LogP contribution in [0.5, 0.6) is 0 Å². The maximum Gasteiger partial charge on any atom is 0.254 e. The first-order valence-corrected chi connectivity index (χ1v) is 6.90. The molecule has 1 fully saturated rings. The molecule has 108 valence electrons. The molecular weight excluding hydrogens is 254 g/mol. The van der Waals surface area contributed by atoms with Crippen molar-refractivity contribution >= 4 is 17.5 Å². The molecule has 1 aromatic rings. The summed E-state index contributed by atoms with van der Waals surface area (Å²) < 4.78 is 0. The first-order valence-electron chi connectivity index (χ1n) is 6.90. The van der Waals surface area contributed by atoms with Gasteiger partial charge in [0.15, 0.2) is 0 Å². The van der Waals surface area contributed by atoms with Gasteiger partial charge in [-0.15, -0.1) is 0 Å². The van der Waals surface area contributed by atoms with Crippen molar-refractivity contribution in [2.45, 2.75) is 19.4 Å². The van der Waals surface area contributed by atoms with Crippen LogP contribution >= 0.6 is 0 Å². The van der Waals surface area contributed by atoms with Crippen LogP contribution in [0.4, 0.5) is 5.69 Å². The monoisotopic (exact) mass is 275 g/mol. The van der Waals surface area contributed by atoms with Gasteiger partial charge < -0.3 is 15.1 Å². The standard InChI is InChI=1S/C15H21N3O2/c1-4-13-14(19)16-8-9-18(13)15(20)11-6-5-7-12(10-11)17(2)3/h5-7,10,13H,4,8-9H2,1-3H3,(H,16,19). The predicted octanol–water partition coefficient (Wildman–Crippen LogP) is 1.10. The highest BCUT2D eigenvalue weighted by atomic mass is 16.2. The van der Waals surface area contributed by atoms with Gasteiger partial charge in [0.1, 0.15) is 6.04 Å². The SMILES string of the molecule is CCC1C(=O)NCCN1C(=O)c1cccc(N(C)C)c1. The second-order valence-corrected chi connectivity index (χ2v) is 5.16. The molecule has 1 atom stereocenters. The number of amides is 2. The van der Waals surface area contributed by atoms with Gasteiger partial charge in [-0.05, 0) is 24.6 Å². The Bertz CT molecular complexity index is 514. The van der Waals surface area contributed by atoms with E-state index in [0.29, 0.717) is 25.1 Å². The van der Waals surface area contributed by atoms with Crippen LogP contribution in [0.3, 0.4) is 0 Å². The van der Waals surface area contributed by atoms with Crippen molar-refractivity contribution in [1.82, 2.24) is 10.2 Å². The fourth-order valence-electron chi connectivity index (χ4n) is 2.45. The first-order chi connectivity index (χ1) is 9.54. The molecule has 1 aromatic carbocycles. The molecule has 0 spiro atoms. The van der Waals surface area contributed by atoms with Crippen LogP contribution in [-0.4, -0.2) is 49.9 Å². The van der Waals surface area contributed by atoms with E-state index in [1.54, 1.807) is 11.0 Å². The van der Waals surface area contributed by atoms with E-state index in [9.17, 15) is 9.59 Å². The number of anilines is 1. The van der Waals surface area contributed by atoms with Crippen molar-refractivity contribution in [1.29, 1.82) is 0 Å². The Morgan fingerprint density at radius 3 is 2.85 bits per heavy atom. The summed E-state index contributed by atoms with van der Waals surface area (Å²) in [7, 11) is 3.87. The van der Waals surface area contributed by atoms with E-state index >= 15 is 0 Å². The third-order valence-corrected chi connectivity index (χ3v) is 3.59. The van der Waals surface area contributed by atoms with E-state index in [4.69, 9.17) is 0 Å². The molecule has 1 heterocycles. The summed E-state index contributed by atoms with van der Waals surface area (Å²) in [5.41, 5.74) is 1.61. The van der Waals surface area contributed by atoms with Gasteiger partial charge in [-0.25, -0.2) is 0 Å². The number of nitrogens with zero attached hydrogens (tertiary/aromatic N) is 2. The van der Waals surface area contributed by atoms with Gasteiger partial charge in [-0.1, -0.05) is 13.0 Å². The highest BCUT2D eigenvalue weighted by molar-refractivity contribution is 5.98. The zero-order chi connectivity index (χ0) is 14.7. The van der Waals surface area contributed by atoms with Gasteiger partial charge in [0.25, 0.3) is 5.91 Å². The van der Waals surface area contributed by atoms with Gasteiger partial charge in [-0.2, -0.15) is 0 Å². The third kappa shape index (κ3) is 2.76. The van der Waals surface area contributed by atoms with Crippen molar-refractivity contribution in [2.75, 3.05) is 32.1 Å². The summed E-state index contributed by atoms with van der Waals surface area (Å²) in [6.07, 6.45) is 0.630. The summed E-state index contributed by atoms with van der Waals surface area (Å²) in [5.74, 6) is -0.133. The van der Waals surface area contributed by atoms with Gasteiger partial charge in [0.05, 0.1) is 0 Å². The zero-order valence-corrected chi connectivity index (χ0v) is 12.2. The average Bonchev–Trinajstić information content (AvgIpc) is 2.46. The lowest BCUT2D eigenvalue weighted by atomic mass is 10.1. The molecule has 20 heavy (non-hydrogen) atoms. The number of piperazine rings is 1. The minimum Gasteiger partial charge on any atom is -0.378 e. The number of carbonyl (C=O) groups is 2. The Kier molecular flexibility index (Phi) is 4.27. The molecule has 1 unspecified atom stereocenters. The van der Waals surface area contributed by atoms with E-state index in [1.807, 2.05) is 44.1 Å². The van der Waals surface area contributed by atoms with Crippen molar-refractivity contribution in [2.24, 2.45) is 0 Å². The topological polar surface area (TPSA) is 52.7 Å². The number of nitrogens with one attached hydrogen (secondary N) is 1. The molecule has 1 N–H and O–H groups in total. The Hall–Kier alpha value is -2.04. The predicted molar refractivity (Wildman–Crippen MR) is 78.9 cm³/mol. The normalized spacial score (nSPS) is 18.6. The molecule has 0 aliphatic carbocycles. The van der Waals surface area contributed by atoms with E-state index in [1.165, 1.54) is 0 Å². The molecule has 5 nitrogen and oxygen atoms in total. The Morgan fingerprint density at radius 2 is 2.20 bits per heavy atom. The van der Waals surface area contributed by atoms with Crippen molar-refractivity contribution in [3.8, 4) is 0 Å². The van der Waals surface area contributed by atoms with Crippen LogP contribution in [0.25, 0.3) is 0 Å². The smallest absolute Gasteiger partial charge is 0.254 e. The number of hydrogen-bond acceptors (Lipinski definition) is 3. The third-order valence-electron chi connectivity index (χ3n) is 3.59. The number of rotatable bonds is 3. The molecule has 1 aliphatic rings. The van der Waals surface area contributed by atoms with E-state index in [-0.39, 0.29) is 17.9 Å². The van der Waals surface area contributed by atoms with Gasteiger partial charge >= 0.3 is 0 Å². The number of benzene rings is 1. The second-order valence-electron chi connectivity index (χ2n) is 5.16. The quantitative estimate of drug-likeness (QED) is 0.899. The van der Waals surface area contributed by atoms with Crippen LogP contribution in [0, 0.1) is 0 Å². The van der Waals surface area contributed by atoms with E-state index in [0.717, 1.165) is 5.69 Å². The molecule has 2 rings (SSSR count). The molecule has 1 aliphatic heterocycles. The van der Waals surface area contributed by atoms with E-state index < -0.39 is 0 Å². The molecular formula is C15H21N3O2. The molecule has 5 heteroatoms. The summed E-state index contributed by atoms with van der Waals surface area (Å²) in [5, 5.41) is 2.81. The minimum atomic E-state index is -0.362. The molecule has 0 radical (unpaired) electrons. The fourth-order valence-corrected chi connectivity index (χ4v) is 2.45. The average molecular weight is 275 g/mol. The summed E-state index contributed by atoms with van der Waals surface area (Å²) in [6, 6.07) is 7.12. The summed E-state index contributed by atoms with van der Waals surface area (Å²) >= 11 is 0. The fraction of sp³-hybridized carbons (Fsp3) is 0.467. The molecule has 2 amide bonds. The highest BCUT2D eigenvalue weighted by Gasteiger charge is 2.32. The largest absolute Gasteiger partial charge is 0.378 e. The lowest BCUT2D eigenvalue weighted by molar-refractivity contribution is -0.127. The Morgan fingerprint density at radius 1 is 1.45 bits per heavy atom. The van der Waals surface area contributed by atoms with Crippen LogP contribution in [0.1, 0.15) is 23.7 Å². The van der Waals surface area contributed by atoms with Crippen LogP contribution in [0.15, 0.2) is 24.3 Å². The van der Waals surface area contributed by atoms with Crippen LogP contribution in [-0.2, 0) is 4.79 Å². The van der Waals surface area contributed by atoms with Crippen molar-refractivity contribution in [3.63, 3.8) is 0 Å². The molecule has 0 saturated carbocycles. The maximum atomic E-state index is 12.6. The van der Waals surface area contributed by atoms with Gasteiger partial charge in [0.2, 0.25) is 5.91 Å². The lowest BCUT2D eigenvalue weighted by Gasteiger charge is -2.34. The van der Waals surface area contributed by atoms with Gasteiger partial charge in [0, 0.05) is 38.4 Å². The maximum absolute atomic E-state index is 12.6. The zero-order valence-electron chi connectivity index (χ0n) is 12.2. The Labute approximate surface area is 119 Å². The summed E-state index contributed by atoms with van der Waals surface area (Å²) in [6.45, 7) is 3.01. The highest BCUT2D eigenvalue weighted by Crippen LogP contribution is 2.18. The van der Waals surface area contributed by atoms with Crippen molar-refractivity contribution < 1.29 is 9.59 Å². The lowest BCUT2D eigenvalue weighted by Crippen LogP contribution is -2.56. The Balaban J connectivity index is 2.25. The first kappa shape index (κ1) is 14.4.